The minimum absolute atomic E-state index is 0.468. The van der Waals surface area contributed by atoms with E-state index < -0.39 is 0 Å². The van der Waals surface area contributed by atoms with Crippen molar-refractivity contribution in [1.29, 1.82) is 0 Å². The number of hydrogen-bond donors (Lipinski definition) is 1. The molecule has 3 nitrogen and oxygen atoms in total. The molecule has 0 aromatic carbocycles. The van der Waals surface area contributed by atoms with Gasteiger partial charge in [0, 0.05) is 6.20 Å². The summed E-state index contributed by atoms with van der Waals surface area (Å²) in [5, 5.41) is 8.20. The molecule has 0 fully saturated rings. The molecule has 0 unspecified atom stereocenters. The van der Waals surface area contributed by atoms with Gasteiger partial charge in [-0.15, -0.1) is 0 Å². The lowest BCUT2D eigenvalue weighted by atomic mass is 10.4. The molecule has 0 aliphatic rings. The second-order valence-electron chi connectivity index (χ2n) is 2.06. The Morgan fingerprint density at radius 2 is 2.18 bits per heavy atom. The van der Waals surface area contributed by atoms with Crippen molar-refractivity contribution < 1.29 is 0 Å². The van der Waals surface area contributed by atoms with Crippen LogP contribution in [0, 0.1) is 0 Å². The van der Waals surface area contributed by atoms with Gasteiger partial charge in [-0.2, -0.15) is 5.10 Å². The molecule has 56 valence electrons. The molecule has 0 saturated carbocycles. The van der Waals surface area contributed by atoms with Crippen molar-refractivity contribution in [1.82, 2.24) is 15.2 Å². The van der Waals surface area contributed by atoms with Gasteiger partial charge in [0.1, 0.15) is 5.15 Å². The summed E-state index contributed by atoms with van der Waals surface area (Å²) in [5.74, 6) is 0. The van der Waals surface area contributed by atoms with Gasteiger partial charge in [-0.25, -0.2) is 4.98 Å². The van der Waals surface area contributed by atoms with Crippen LogP contribution in [-0.4, -0.2) is 15.2 Å². The van der Waals surface area contributed by atoms with Gasteiger partial charge in [-0.3, -0.25) is 5.10 Å². The third kappa shape index (κ3) is 1.06. The molecular weight excluding hydrogens is 185 g/mol. The van der Waals surface area contributed by atoms with E-state index in [9.17, 15) is 0 Å². The van der Waals surface area contributed by atoms with Gasteiger partial charge in [0.15, 0.2) is 5.65 Å². The maximum absolute atomic E-state index is 5.73. The minimum Gasteiger partial charge on any atom is -0.264 e. The maximum Gasteiger partial charge on any atom is 0.182 e. The number of aromatic nitrogens is 3. The van der Waals surface area contributed by atoms with E-state index in [1.54, 1.807) is 6.07 Å². The van der Waals surface area contributed by atoms with E-state index in [0.717, 1.165) is 5.39 Å². The highest BCUT2D eigenvalue weighted by Crippen LogP contribution is 2.21. The van der Waals surface area contributed by atoms with E-state index in [2.05, 4.69) is 15.2 Å². The number of rotatable bonds is 0. The molecule has 5 heteroatoms. The molecule has 0 bridgehead atoms. The normalized spacial score (nSPS) is 10.7. The summed E-state index contributed by atoms with van der Waals surface area (Å²) in [5.41, 5.74) is 0.583. The van der Waals surface area contributed by atoms with Crippen LogP contribution in [0.3, 0.4) is 0 Å². The summed E-state index contributed by atoms with van der Waals surface area (Å²) in [6.45, 7) is 0. The van der Waals surface area contributed by atoms with Crippen molar-refractivity contribution in [2.24, 2.45) is 0 Å². The number of pyridine rings is 1. The average molecular weight is 188 g/mol. The Morgan fingerprint density at radius 1 is 1.36 bits per heavy atom. The summed E-state index contributed by atoms with van der Waals surface area (Å²) in [6, 6.07) is 1.72. The quantitative estimate of drug-likeness (QED) is 0.688. The first kappa shape index (κ1) is 6.88. The van der Waals surface area contributed by atoms with Crippen LogP contribution in [0.1, 0.15) is 0 Å². The molecule has 2 rings (SSSR count). The molecule has 0 amide bonds. The molecule has 2 aromatic heterocycles. The number of hydrogen-bond acceptors (Lipinski definition) is 2. The minimum atomic E-state index is 0.468. The van der Waals surface area contributed by atoms with Gasteiger partial charge < -0.3 is 0 Å². The second-order valence-corrected chi connectivity index (χ2v) is 2.88. The van der Waals surface area contributed by atoms with Crippen LogP contribution in [0.15, 0.2) is 12.3 Å². The molecule has 0 atom stereocenters. The summed E-state index contributed by atoms with van der Waals surface area (Å²) in [6.07, 6.45) is 1.53. The highest BCUT2D eigenvalue weighted by Gasteiger charge is 2.03. The number of fused-ring (bicyclic) bond motifs is 1. The van der Waals surface area contributed by atoms with E-state index in [0.29, 0.717) is 15.8 Å². The molecule has 1 N–H and O–H groups in total. The molecule has 0 spiro atoms. The fourth-order valence-electron chi connectivity index (χ4n) is 0.845. The van der Waals surface area contributed by atoms with Crippen molar-refractivity contribution in [2.75, 3.05) is 0 Å². The number of nitrogens with one attached hydrogen (secondary N) is 1. The van der Waals surface area contributed by atoms with Crippen LogP contribution >= 0.6 is 23.2 Å². The summed E-state index contributed by atoms with van der Waals surface area (Å²) < 4.78 is 0. The standard InChI is InChI=1S/C6H3Cl2N3/c7-3-1-4-5(8)10-11-6(4)9-2-3/h1-2H,(H,9,10,11). The number of H-pyrrole nitrogens is 1. The highest BCUT2D eigenvalue weighted by atomic mass is 35.5. The lowest BCUT2D eigenvalue weighted by molar-refractivity contribution is 1.10. The van der Waals surface area contributed by atoms with Crippen molar-refractivity contribution in [2.45, 2.75) is 0 Å². The number of halogens is 2. The molecular formula is C6H3Cl2N3. The van der Waals surface area contributed by atoms with Crippen LogP contribution in [0.25, 0.3) is 11.0 Å². The van der Waals surface area contributed by atoms with Gasteiger partial charge in [0.2, 0.25) is 0 Å². The monoisotopic (exact) mass is 187 g/mol. The van der Waals surface area contributed by atoms with Crippen LogP contribution in [0.2, 0.25) is 10.2 Å². The van der Waals surface area contributed by atoms with Crippen LogP contribution in [0.5, 0.6) is 0 Å². The zero-order valence-corrected chi connectivity index (χ0v) is 6.82. The topological polar surface area (TPSA) is 41.6 Å². The van der Waals surface area contributed by atoms with Gasteiger partial charge in [-0.1, -0.05) is 23.2 Å². The SMILES string of the molecule is Clc1cnc2n[nH]c(Cl)c2c1. The highest BCUT2D eigenvalue weighted by molar-refractivity contribution is 6.35. The van der Waals surface area contributed by atoms with E-state index in [1.165, 1.54) is 6.20 Å². The van der Waals surface area contributed by atoms with Crippen molar-refractivity contribution in [3.63, 3.8) is 0 Å². The molecule has 2 aromatic rings. The Labute approximate surface area is 72.3 Å². The first-order chi connectivity index (χ1) is 5.27. The fraction of sp³-hybridized carbons (Fsp3) is 0. The average Bonchev–Trinajstić information content (AvgIpc) is 2.33. The zero-order chi connectivity index (χ0) is 7.84. The van der Waals surface area contributed by atoms with E-state index >= 15 is 0 Å². The Bertz CT molecular complexity index is 396. The van der Waals surface area contributed by atoms with E-state index in [1.807, 2.05) is 0 Å². The first-order valence-corrected chi connectivity index (χ1v) is 3.68. The van der Waals surface area contributed by atoms with E-state index in [4.69, 9.17) is 23.2 Å². The van der Waals surface area contributed by atoms with Crippen molar-refractivity contribution >= 4 is 34.2 Å². The van der Waals surface area contributed by atoms with Gasteiger partial charge in [0.25, 0.3) is 0 Å². The molecule has 11 heavy (non-hydrogen) atoms. The van der Waals surface area contributed by atoms with Crippen LogP contribution in [-0.2, 0) is 0 Å². The Kier molecular flexibility index (Phi) is 1.47. The summed E-state index contributed by atoms with van der Waals surface area (Å²) in [4.78, 5) is 3.94. The summed E-state index contributed by atoms with van der Waals surface area (Å²) >= 11 is 11.4. The smallest absolute Gasteiger partial charge is 0.182 e. The molecule has 0 radical (unpaired) electrons. The largest absolute Gasteiger partial charge is 0.264 e. The lowest BCUT2D eigenvalue weighted by Gasteiger charge is -1.87. The third-order valence-corrected chi connectivity index (χ3v) is 1.82. The maximum atomic E-state index is 5.73. The number of nitrogens with zero attached hydrogens (tertiary/aromatic N) is 2. The second kappa shape index (κ2) is 2.36. The lowest BCUT2D eigenvalue weighted by Crippen LogP contribution is -1.74. The predicted molar refractivity (Wildman–Crippen MR) is 43.9 cm³/mol. The zero-order valence-electron chi connectivity index (χ0n) is 5.31. The molecule has 0 aliphatic carbocycles. The Morgan fingerprint density at radius 3 is 3.00 bits per heavy atom. The first-order valence-electron chi connectivity index (χ1n) is 2.92. The van der Waals surface area contributed by atoms with Crippen LogP contribution in [0.4, 0.5) is 0 Å². The van der Waals surface area contributed by atoms with Crippen molar-refractivity contribution in [3.8, 4) is 0 Å². The van der Waals surface area contributed by atoms with E-state index in [-0.39, 0.29) is 0 Å². The molecule has 0 saturated heterocycles. The van der Waals surface area contributed by atoms with Gasteiger partial charge in [-0.05, 0) is 6.07 Å². The Hall–Kier alpha value is -0.800. The predicted octanol–water partition coefficient (Wildman–Crippen LogP) is 2.26. The van der Waals surface area contributed by atoms with Gasteiger partial charge in [0.05, 0.1) is 10.4 Å². The third-order valence-electron chi connectivity index (χ3n) is 1.33. The van der Waals surface area contributed by atoms with Crippen LogP contribution < -0.4 is 0 Å². The molecule has 0 aliphatic heterocycles. The summed E-state index contributed by atoms with van der Waals surface area (Å²) in [7, 11) is 0. The molecule has 2 heterocycles. The van der Waals surface area contributed by atoms with Gasteiger partial charge >= 0.3 is 0 Å². The fourth-order valence-corrected chi connectivity index (χ4v) is 1.18. The van der Waals surface area contributed by atoms with Crippen molar-refractivity contribution in [3.05, 3.63) is 22.4 Å². The Balaban J connectivity index is 2.87. The number of aromatic amines is 1.